The third-order valence-corrected chi connectivity index (χ3v) is 3.81. The fourth-order valence-electron chi connectivity index (χ4n) is 1.55. The quantitative estimate of drug-likeness (QED) is 0.483. The first kappa shape index (κ1) is 14.9. The van der Waals surface area contributed by atoms with Gasteiger partial charge in [0, 0.05) is 5.56 Å². The summed E-state index contributed by atoms with van der Waals surface area (Å²) in [5, 5.41) is 3.26. The molecule has 21 heavy (non-hydrogen) atoms. The summed E-state index contributed by atoms with van der Waals surface area (Å²) in [5.41, 5.74) is 1.33. The predicted octanol–water partition coefficient (Wildman–Crippen LogP) is 2.57. The number of carbonyl (C=O) groups is 1. The maximum absolute atomic E-state index is 11.8. The first-order chi connectivity index (χ1) is 9.99. The van der Waals surface area contributed by atoms with E-state index in [4.69, 9.17) is 0 Å². The predicted molar refractivity (Wildman–Crippen MR) is 78.7 cm³/mol. The molecule has 0 N–H and O–H groups in total. The van der Waals surface area contributed by atoms with Gasteiger partial charge in [0.15, 0.2) is 0 Å². The second kappa shape index (κ2) is 6.32. The number of carbonyl (C=O) groups excluding carboxylic acids is 1. The number of hydrogen-bond acceptors (Lipinski definition) is 5. The third-order valence-electron chi connectivity index (χ3n) is 2.68. The fraction of sp³-hybridized carbons (Fsp3) is 0.0667. The van der Waals surface area contributed by atoms with Crippen molar-refractivity contribution in [1.29, 1.82) is 0 Å². The number of ketones is 1. The van der Waals surface area contributed by atoms with E-state index in [1.165, 1.54) is 12.1 Å². The van der Waals surface area contributed by atoms with Gasteiger partial charge in [-0.25, -0.2) is 0 Å². The molecule has 0 unspecified atom stereocenters. The number of Topliss-reactive ketones (excluding diaryl/α,β-unsaturated/α-hetero) is 1. The van der Waals surface area contributed by atoms with Crippen molar-refractivity contribution in [2.75, 3.05) is 0 Å². The van der Waals surface area contributed by atoms with Crippen LogP contribution < -0.4 is 0 Å². The van der Waals surface area contributed by atoms with Crippen LogP contribution in [0.15, 0.2) is 64.6 Å². The standard InChI is InChI=1S/C15H13NO4S/c1-12-7-9-14(10-8-12)21(18,19)20-16-11-15(17)13-5-3-2-4-6-13/h2-11H,1H3/b16-11+. The van der Waals surface area contributed by atoms with Gasteiger partial charge in [-0.1, -0.05) is 53.2 Å². The highest BCUT2D eigenvalue weighted by Crippen LogP contribution is 2.13. The summed E-state index contributed by atoms with van der Waals surface area (Å²) in [5.74, 6) is -0.435. The normalized spacial score (nSPS) is 11.5. The highest BCUT2D eigenvalue weighted by atomic mass is 32.2. The molecular formula is C15H13NO4S. The molecule has 0 heterocycles. The van der Waals surface area contributed by atoms with Crippen LogP contribution in [0.4, 0.5) is 0 Å². The number of rotatable bonds is 5. The summed E-state index contributed by atoms with van der Waals surface area (Å²) in [6.45, 7) is 1.84. The van der Waals surface area contributed by atoms with Crippen molar-refractivity contribution in [2.24, 2.45) is 5.16 Å². The molecule has 2 aromatic carbocycles. The summed E-state index contributed by atoms with van der Waals surface area (Å²) in [6, 6.07) is 14.5. The van der Waals surface area contributed by atoms with Gasteiger partial charge in [0.05, 0.1) is 0 Å². The summed E-state index contributed by atoms with van der Waals surface area (Å²) < 4.78 is 28.1. The van der Waals surface area contributed by atoms with Gasteiger partial charge < -0.3 is 0 Å². The molecule has 2 rings (SSSR count). The number of aryl methyl sites for hydroxylation is 1. The van der Waals surface area contributed by atoms with Crippen molar-refractivity contribution in [1.82, 2.24) is 0 Å². The van der Waals surface area contributed by atoms with Crippen LogP contribution in [0.25, 0.3) is 0 Å². The zero-order valence-electron chi connectivity index (χ0n) is 11.3. The monoisotopic (exact) mass is 303 g/mol. The number of nitrogens with zero attached hydrogens (tertiary/aromatic N) is 1. The van der Waals surface area contributed by atoms with Crippen LogP contribution in [0, 0.1) is 6.92 Å². The first-order valence-electron chi connectivity index (χ1n) is 6.12. The molecule has 0 amide bonds. The van der Waals surface area contributed by atoms with Gasteiger partial charge >= 0.3 is 10.1 Å². The van der Waals surface area contributed by atoms with Crippen LogP contribution in [0.5, 0.6) is 0 Å². The minimum Gasteiger partial charge on any atom is -0.287 e. The molecule has 6 heteroatoms. The van der Waals surface area contributed by atoms with Gasteiger partial charge in [-0.05, 0) is 19.1 Å². The SMILES string of the molecule is Cc1ccc(S(=O)(=O)O/N=C/C(=O)c2ccccc2)cc1. The highest BCUT2D eigenvalue weighted by molar-refractivity contribution is 7.86. The molecule has 5 nitrogen and oxygen atoms in total. The molecule has 0 atom stereocenters. The van der Waals surface area contributed by atoms with Crippen LogP contribution in [0.1, 0.15) is 15.9 Å². The van der Waals surface area contributed by atoms with Crippen molar-refractivity contribution < 1.29 is 17.5 Å². The fourth-order valence-corrected chi connectivity index (χ4v) is 2.26. The van der Waals surface area contributed by atoms with Crippen molar-refractivity contribution in [3.63, 3.8) is 0 Å². The molecule has 0 radical (unpaired) electrons. The van der Waals surface area contributed by atoms with Gasteiger partial charge in [-0.3, -0.25) is 9.08 Å². The summed E-state index contributed by atoms with van der Waals surface area (Å²) in [4.78, 5) is 11.7. The minimum atomic E-state index is -4.01. The molecule has 0 aliphatic heterocycles. The lowest BCUT2D eigenvalue weighted by molar-refractivity contribution is 0.106. The molecule has 0 saturated heterocycles. The highest BCUT2D eigenvalue weighted by Gasteiger charge is 2.15. The summed E-state index contributed by atoms with van der Waals surface area (Å²) >= 11 is 0. The van der Waals surface area contributed by atoms with E-state index in [9.17, 15) is 13.2 Å². The Labute approximate surface area is 123 Å². The molecule has 0 spiro atoms. The van der Waals surface area contributed by atoms with Crippen LogP contribution >= 0.6 is 0 Å². The lowest BCUT2D eigenvalue weighted by Gasteiger charge is -2.01. The van der Waals surface area contributed by atoms with Crippen LogP contribution in [-0.2, 0) is 14.4 Å². The minimum absolute atomic E-state index is 0.0163. The number of benzene rings is 2. The van der Waals surface area contributed by atoms with Crippen LogP contribution in [-0.4, -0.2) is 20.4 Å². The van der Waals surface area contributed by atoms with Gasteiger partial charge in [0.1, 0.15) is 11.1 Å². The topological polar surface area (TPSA) is 72.8 Å². The average molecular weight is 303 g/mol. The van der Waals surface area contributed by atoms with Gasteiger partial charge in [-0.15, -0.1) is 0 Å². The van der Waals surface area contributed by atoms with E-state index in [0.717, 1.165) is 11.8 Å². The Morgan fingerprint density at radius 1 is 1.05 bits per heavy atom. The third kappa shape index (κ3) is 4.00. The second-order valence-corrected chi connectivity index (χ2v) is 5.84. The molecule has 2 aromatic rings. The van der Waals surface area contributed by atoms with Crippen molar-refractivity contribution in [3.05, 3.63) is 65.7 Å². The lowest BCUT2D eigenvalue weighted by Crippen LogP contribution is -2.05. The molecule has 0 bridgehead atoms. The van der Waals surface area contributed by atoms with E-state index in [0.29, 0.717) is 5.56 Å². The van der Waals surface area contributed by atoms with Crippen molar-refractivity contribution in [2.45, 2.75) is 11.8 Å². The molecule has 0 aromatic heterocycles. The average Bonchev–Trinajstić information content (AvgIpc) is 2.48. The van der Waals surface area contributed by atoms with Crippen LogP contribution in [0.3, 0.4) is 0 Å². The molecule has 0 aliphatic carbocycles. The Kier molecular flexibility index (Phi) is 4.49. The van der Waals surface area contributed by atoms with Gasteiger partial charge in [0.2, 0.25) is 5.78 Å². The van der Waals surface area contributed by atoms with Gasteiger partial charge in [-0.2, -0.15) is 8.42 Å². The van der Waals surface area contributed by atoms with E-state index in [1.54, 1.807) is 42.5 Å². The maximum Gasteiger partial charge on any atom is 0.358 e. The smallest absolute Gasteiger partial charge is 0.287 e. The zero-order chi connectivity index (χ0) is 15.3. The largest absolute Gasteiger partial charge is 0.358 e. The second-order valence-electron chi connectivity index (χ2n) is 4.31. The lowest BCUT2D eigenvalue weighted by atomic mass is 10.1. The maximum atomic E-state index is 11.8. The molecule has 0 aliphatic rings. The van der Waals surface area contributed by atoms with Crippen molar-refractivity contribution in [3.8, 4) is 0 Å². The van der Waals surface area contributed by atoms with Gasteiger partial charge in [0.25, 0.3) is 0 Å². The molecule has 108 valence electrons. The first-order valence-corrected chi connectivity index (χ1v) is 7.53. The van der Waals surface area contributed by atoms with Crippen LogP contribution in [0.2, 0.25) is 0 Å². The number of oxime groups is 1. The Morgan fingerprint density at radius 3 is 2.29 bits per heavy atom. The Bertz CT molecular complexity index is 750. The van der Waals surface area contributed by atoms with E-state index >= 15 is 0 Å². The Hall–Kier alpha value is -2.47. The van der Waals surface area contributed by atoms with E-state index in [1.807, 2.05) is 6.92 Å². The molecule has 0 saturated carbocycles. The number of hydrogen-bond donors (Lipinski definition) is 0. The zero-order valence-corrected chi connectivity index (χ0v) is 12.1. The molecular weight excluding hydrogens is 290 g/mol. The Morgan fingerprint density at radius 2 is 1.67 bits per heavy atom. The van der Waals surface area contributed by atoms with E-state index in [2.05, 4.69) is 9.44 Å². The van der Waals surface area contributed by atoms with E-state index < -0.39 is 15.9 Å². The van der Waals surface area contributed by atoms with Crippen molar-refractivity contribution >= 4 is 22.1 Å². The molecule has 0 fully saturated rings. The summed E-state index contributed by atoms with van der Waals surface area (Å²) in [7, 11) is -4.01. The Balaban J connectivity index is 2.06. The summed E-state index contributed by atoms with van der Waals surface area (Å²) in [6.07, 6.45) is 0.834. The van der Waals surface area contributed by atoms with E-state index in [-0.39, 0.29) is 4.90 Å².